The molecule has 27 heavy (non-hydrogen) atoms. The highest BCUT2D eigenvalue weighted by atomic mass is 35.5. The number of rotatable bonds is 9. The first-order valence-corrected chi connectivity index (χ1v) is 9.94. The molecule has 3 rings (SSSR count). The summed E-state index contributed by atoms with van der Waals surface area (Å²) in [6.45, 7) is 4.25. The van der Waals surface area contributed by atoms with Crippen LogP contribution in [0.3, 0.4) is 0 Å². The highest BCUT2D eigenvalue weighted by Gasteiger charge is 2.25. The molecule has 2 aromatic rings. The third-order valence-electron chi connectivity index (χ3n) is 4.71. The molecule has 0 aliphatic carbocycles. The third-order valence-corrected chi connectivity index (χ3v) is 4.96. The summed E-state index contributed by atoms with van der Waals surface area (Å²) < 4.78 is 0. The van der Waals surface area contributed by atoms with Crippen molar-refractivity contribution in [3.63, 3.8) is 0 Å². The molecule has 5 heteroatoms. The number of hydrogen-bond acceptors (Lipinski definition) is 4. The van der Waals surface area contributed by atoms with Gasteiger partial charge in [-0.1, -0.05) is 72.6 Å². The predicted octanol–water partition coefficient (Wildman–Crippen LogP) is 4.50. The zero-order valence-electron chi connectivity index (χ0n) is 15.7. The van der Waals surface area contributed by atoms with Gasteiger partial charge >= 0.3 is 0 Å². The molecule has 0 amide bonds. The second kappa shape index (κ2) is 9.88. The van der Waals surface area contributed by atoms with E-state index in [1.165, 1.54) is 5.56 Å². The fourth-order valence-electron chi connectivity index (χ4n) is 3.39. The second-order valence-electron chi connectivity index (χ2n) is 7.10. The minimum Gasteiger partial charge on any atom is -0.392 e. The molecule has 0 saturated carbocycles. The van der Waals surface area contributed by atoms with Gasteiger partial charge < -0.3 is 9.94 Å². The van der Waals surface area contributed by atoms with Gasteiger partial charge in [0.1, 0.15) is 6.10 Å². The SMILES string of the molecule is CCCC(O)CN(Cc1ccccc1)CC1CC(c2ccc(Cl)cc2)=NO1. The normalized spacial score (nSPS) is 17.6. The van der Waals surface area contributed by atoms with Gasteiger partial charge in [0.15, 0.2) is 0 Å². The molecule has 2 unspecified atom stereocenters. The summed E-state index contributed by atoms with van der Waals surface area (Å²) in [4.78, 5) is 7.96. The van der Waals surface area contributed by atoms with E-state index >= 15 is 0 Å². The Hall–Kier alpha value is -1.88. The van der Waals surface area contributed by atoms with Gasteiger partial charge in [0.25, 0.3) is 0 Å². The largest absolute Gasteiger partial charge is 0.392 e. The van der Waals surface area contributed by atoms with Crippen LogP contribution < -0.4 is 0 Å². The lowest BCUT2D eigenvalue weighted by Crippen LogP contribution is -2.37. The molecule has 0 saturated heterocycles. The van der Waals surface area contributed by atoms with E-state index in [9.17, 15) is 5.11 Å². The molecule has 2 atom stereocenters. The Morgan fingerprint density at radius 3 is 2.63 bits per heavy atom. The fourth-order valence-corrected chi connectivity index (χ4v) is 3.52. The van der Waals surface area contributed by atoms with Crippen LogP contribution in [0.25, 0.3) is 0 Å². The molecule has 0 spiro atoms. The van der Waals surface area contributed by atoms with Crippen LogP contribution in [0, 0.1) is 0 Å². The molecule has 1 aliphatic heterocycles. The van der Waals surface area contributed by atoms with Crippen molar-refractivity contribution in [1.29, 1.82) is 0 Å². The van der Waals surface area contributed by atoms with Crippen LogP contribution in [0.1, 0.15) is 37.3 Å². The van der Waals surface area contributed by atoms with Crippen molar-refractivity contribution < 1.29 is 9.94 Å². The smallest absolute Gasteiger partial charge is 0.145 e. The number of oxime groups is 1. The Balaban J connectivity index is 1.61. The Kier molecular flexibility index (Phi) is 7.27. The summed E-state index contributed by atoms with van der Waals surface area (Å²) in [5, 5.41) is 15.3. The number of hydrogen-bond donors (Lipinski definition) is 1. The van der Waals surface area contributed by atoms with Crippen LogP contribution in [-0.2, 0) is 11.4 Å². The molecule has 0 aromatic heterocycles. The van der Waals surface area contributed by atoms with E-state index in [0.717, 1.165) is 43.6 Å². The van der Waals surface area contributed by atoms with Crippen molar-refractivity contribution in [1.82, 2.24) is 4.90 Å². The van der Waals surface area contributed by atoms with Crippen LogP contribution in [0.15, 0.2) is 59.8 Å². The number of aliphatic hydroxyl groups excluding tert-OH is 1. The van der Waals surface area contributed by atoms with Crippen molar-refractivity contribution in [3.8, 4) is 0 Å². The average molecular weight is 387 g/mol. The van der Waals surface area contributed by atoms with E-state index in [2.05, 4.69) is 29.1 Å². The highest BCUT2D eigenvalue weighted by Crippen LogP contribution is 2.20. The van der Waals surface area contributed by atoms with Crippen LogP contribution in [0.5, 0.6) is 0 Å². The minimum atomic E-state index is -0.322. The van der Waals surface area contributed by atoms with Crippen LogP contribution in [0.4, 0.5) is 0 Å². The summed E-state index contributed by atoms with van der Waals surface area (Å²) in [5.41, 5.74) is 3.23. The zero-order valence-corrected chi connectivity index (χ0v) is 16.5. The van der Waals surface area contributed by atoms with Crippen LogP contribution >= 0.6 is 11.6 Å². The lowest BCUT2D eigenvalue weighted by atomic mass is 10.0. The van der Waals surface area contributed by atoms with Gasteiger partial charge in [0, 0.05) is 31.1 Å². The van der Waals surface area contributed by atoms with Crippen molar-refractivity contribution in [3.05, 3.63) is 70.7 Å². The molecular weight excluding hydrogens is 360 g/mol. The van der Waals surface area contributed by atoms with Crippen molar-refractivity contribution >= 4 is 17.3 Å². The van der Waals surface area contributed by atoms with Crippen LogP contribution in [-0.4, -0.2) is 41.0 Å². The quantitative estimate of drug-likeness (QED) is 0.690. The molecule has 0 fully saturated rings. The Labute approximate surface area is 166 Å². The van der Waals surface area contributed by atoms with E-state index in [1.54, 1.807) is 0 Å². The third kappa shape index (κ3) is 6.06. The molecule has 144 valence electrons. The lowest BCUT2D eigenvalue weighted by Gasteiger charge is -2.27. The Morgan fingerprint density at radius 2 is 1.93 bits per heavy atom. The maximum Gasteiger partial charge on any atom is 0.145 e. The molecule has 0 radical (unpaired) electrons. The number of halogens is 1. The first-order chi connectivity index (χ1) is 13.1. The second-order valence-corrected chi connectivity index (χ2v) is 7.54. The number of aliphatic hydroxyl groups is 1. The first kappa shape index (κ1) is 19.9. The molecule has 1 heterocycles. The molecule has 4 nitrogen and oxygen atoms in total. The van der Waals surface area contributed by atoms with Gasteiger partial charge in [0.05, 0.1) is 11.8 Å². The van der Waals surface area contributed by atoms with E-state index in [1.807, 2.05) is 42.5 Å². The topological polar surface area (TPSA) is 45.1 Å². The molecular formula is C22H27ClN2O2. The monoisotopic (exact) mass is 386 g/mol. The summed E-state index contributed by atoms with van der Waals surface area (Å²) in [5.74, 6) is 0. The van der Waals surface area contributed by atoms with Gasteiger partial charge in [0.2, 0.25) is 0 Å². The zero-order chi connectivity index (χ0) is 19.1. The summed E-state index contributed by atoms with van der Waals surface area (Å²) in [6, 6.07) is 18.0. The number of nitrogens with zero attached hydrogens (tertiary/aromatic N) is 2. The summed E-state index contributed by atoms with van der Waals surface area (Å²) in [6.07, 6.45) is 2.22. The number of benzene rings is 2. The van der Waals surface area contributed by atoms with Gasteiger partial charge in [-0.3, -0.25) is 4.90 Å². The van der Waals surface area contributed by atoms with Crippen molar-refractivity contribution in [2.75, 3.05) is 13.1 Å². The van der Waals surface area contributed by atoms with E-state index < -0.39 is 0 Å². The lowest BCUT2D eigenvalue weighted by molar-refractivity contribution is 0.0305. The molecule has 1 N–H and O–H groups in total. The molecule has 2 aromatic carbocycles. The fraction of sp³-hybridized carbons (Fsp3) is 0.409. The maximum absolute atomic E-state index is 10.3. The first-order valence-electron chi connectivity index (χ1n) is 9.57. The van der Waals surface area contributed by atoms with Crippen molar-refractivity contribution in [2.24, 2.45) is 5.16 Å². The highest BCUT2D eigenvalue weighted by molar-refractivity contribution is 6.30. The van der Waals surface area contributed by atoms with Crippen LogP contribution in [0.2, 0.25) is 5.02 Å². The Morgan fingerprint density at radius 1 is 1.19 bits per heavy atom. The van der Waals surface area contributed by atoms with Gasteiger partial charge in [-0.05, 0) is 29.7 Å². The van der Waals surface area contributed by atoms with Gasteiger partial charge in [-0.15, -0.1) is 0 Å². The molecule has 0 bridgehead atoms. The predicted molar refractivity (Wildman–Crippen MR) is 110 cm³/mol. The summed E-state index contributed by atoms with van der Waals surface area (Å²) in [7, 11) is 0. The Bertz CT molecular complexity index is 734. The molecule has 1 aliphatic rings. The van der Waals surface area contributed by atoms with E-state index in [0.29, 0.717) is 11.6 Å². The maximum atomic E-state index is 10.3. The van der Waals surface area contributed by atoms with Gasteiger partial charge in [-0.25, -0.2) is 0 Å². The minimum absolute atomic E-state index is 0.00628. The van der Waals surface area contributed by atoms with Gasteiger partial charge in [-0.2, -0.15) is 0 Å². The van der Waals surface area contributed by atoms with Crippen molar-refractivity contribution in [2.45, 2.75) is 44.9 Å². The average Bonchev–Trinajstić information content (AvgIpc) is 3.11. The van der Waals surface area contributed by atoms with E-state index in [4.69, 9.17) is 16.4 Å². The standard InChI is InChI=1S/C22H27ClN2O2/c1-2-6-20(26)15-25(14-17-7-4-3-5-8-17)16-21-13-22(24-27-21)18-9-11-19(23)12-10-18/h3-5,7-12,20-21,26H,2,6,13-16H2,1H3. The summed E-state index contributed by atoms with van der Waals surface area (Å²) >= 11 is 5.97. The van der Waals surface area contributed by atoms with E-state index in [-0.39, 0.29) is 12.2 Å².